The summed E-state index contributed by atoms with van der Waals surface area (Å²) >= 11 is 0. The van der Waals surface area contributed by atoms with E-state index >= 15 is 0 Å². The Kier molecular flexibility index (Phi) is 9.31. The van der Waals surface area contributed by atoms with Gasteiger partial charge in [-0.1, -0.05) is 56.6 Å². The predicted molar refractivity (Wildman–Crippen MR) is 95.6 cm³/mol. The zero-order valence-corrected chi connectivity index (χ0v) is 14.7. The molecule has 4 heteroatoms. The zero-order valence-electron chi connectivity index (χ0n) is 14.7. The minimum atomic E-state index is -0.927. The van der Waals surface area contributed by atoms with Crippen LogP contribution in [0.3, 0.4) is 0 Å². The van der Waals surface area contributed by atoms with E-state index in [1.807, 2.05) is 19.1 Å². The number of aliphatic carboxylic acids is 1. The fourth-order valence-corrected chi connectivity index (χ4v) is 3.13. The highest BCUT2D eigenvalue weighted by Crippen LogP contribution is 2.33. The maximum absolute atomic E-state index is 12.2. The minimum Gasteiger partial charge on any atom is -0.481 e. The quantitative estimate of drug-likeness (QED) is 0.444. The summed E-state index contributed by atoms with van der Waals surface area (Å²) in [7, 11) is 0. The van der Waals surface area contributed by atoms with Gasteiger partial charge in [-0.2, -0.15) is 0 Å². The molecule has 0 amide bonds. The van der Waals surface area contributed by atoms with Crippen LogP contribution in [-0.4, -0.2) is 28.1 Å². The number of allylic oxidation sites excluding steroid dienone is 5. The topological polar surface area (TPSA) is 74.6 Å². The van der Waals surface area contributed by atoms with Gasteiger partial charge in [-0.15, -0.1) is 0 Å². The molecule has 0 saturated carbocycles. The Morgan fingerprint density at radius 3 is 2.71 bits per heavy atom. The summed E-state index contributed by atoms with van der Waals surface area (Å²) in [6, 6.07) is 0. The predicted octanol–water partition coefficient (Wildman–Crippen LogP) is 3.91. The molecule has 134 valence electrons. The van der Waals surface area contributed by atoms with Gasteiger partial charge in [0.25, 0.3) is 0 Å². The molecular formula is C20H30O4. The van der Waals surface area contributed by atoms with Crippen molar-refractivity contribution in [2.24, 2.45) is 17.8 Å². The van der Waals surface area contributed by atoms with Gasteiger partial charge in [0.05, 0.1) is 12.0 Å². The van der Waals surface area contributed by atoms with E-state index in [2.05, 4.69) is 6.92 Å². The van der Waals surface area contributed by atoms with Crippen LogP contribution in [0.5, 0.6) is 0 Å². The van der Waals surface area contributed by atoms with Crippen LogP contribution in [0.15, 0.2) is 36.5 Å². The molecule has 0 fully saturated rings. The lowest BCUT2D eigenvalue weighted by atomic mass is 9.79. The van der Waals surface area contributed by atoms with Crippen molar-refractivity contribution >= 4 is 11.8 Å². The molecule has 0 aromatic heterocycles. The fourth-order valence-electron chi connectivity index (χ4n) is 3.13. The van der Waals surface area contributed by atoms with Crippen molar-refractivity contribution in [3.05, 3.63) is 36.5 Å². The summed E-state index contributed by atoms with van der Waals surface area (Å²) in [5.41, 5.74) is 0. The Hall–Kier alpha value is -1.68. The number of carboxylic acids is 1. The van der Waals surface area contributed by atoms with Crippen molar-refractivity contribution < 1.29 is 19.8 Å². The first-order chi connectivity index (χ1) is 11.5. The van der Waals surface area contributed by atoms with E-state index in [-0.39, 0.29) is 11.7 Å². The van der Waals surface area contributed by atoms with Gasteiger partial charge >= 0.3 is 5.97 Å². The third kappa shape index (κ3) is 6.44. The van der Waals surface area contributed by atoms with E-state index in [4.69, 9.17) is 0 Å². The lowest BCUT2D eigenvalue weighted by Gasteiger charge is -2.22. The molecule has 0 radical (unpaired) electrons. The molecule has 24 heavy (non-hydrogen) atoms. The normalized spacial score (nSPS) is 23.4. The minimum absolute atomic E-state index is 0.127. The van der Waals surface area contributed by atoms with E-state index in [0.29, 0.717) is 19.3 Å². The zero-order chi connectivity index (χ0) is 17.9. The second kappa shape index (κ2) is 11.0. The highest BCUT2D eigenvalue weighted by atomic mass is 16.4. The van der Waals surface area contributed by atoms with Gasteiger partial charge in [0.2, 0.25) is 0 Å². The molecule has 0 aromatic rings. The number of aliphatic hydroxyl groups is 1. The van der Waals surface area contributed by atoms with Crippen LogP contribution in [-0.2, 0) is 9.59 Å². The summed E-state index contributed by atoms with van der Waals surface area (Å²) in [6.07, 6.45) is 15.0. The van der Waals surface area contributed by atoms with Crippen LogP contribution in [0, 0.1) is 17.8 Å². The summed E-state index contributed by atoms with van der Waals surface area (Å²) in [6.45, 7) is 4.01. The lowest BCUT2D eigenvalue weighted by molar-refractivity contribution is -0.146. The molecule has 0 aliphatic heterocycles. The second-order valence-corrected chi connectivity index (χ2v) is 6.40. The van der Waals surface area contributed by atoms with Gasteiger partial charge in [-0.3, -0.25) is 9.59 Å². The van der Waals surface area contributed by atoms with E-state index in [1.165, 1.54) is 6.08 Å². The smallest absolute Gasteiger partial charge is 0.307 e. The SMILES string of the molecule is C/C=C/CCC(C(=O)O)C1C(=O)C=CC1/C=C/C(O)CCCCC. The van der Waals surface area contributed by atoms with Gasteiger partial charge in [-0.05, 0) is 32.3 Å². The summed E-state index contributed by atoms with van der Waals surface area (Å²) in [5, 5.41) is 19.5. The average molecular weight is 334 g/mol. The molecule has 0 bridgehead atoms. The molecule has 1 rings (SSSR count). The highest BCUT2D eigenvalue weighted by molar-refractivity contribution is 5.97. The highest BCUT2D eigenvalue weighted by Gasteiger charge is 2.38. The van der Waals surface area contributed by atoms with Crippen molar-refractivity contribution in [1.82, 2.24) is 0 Å². The number of rotatable bonds is 11. The molecule has 0 heterocycles. The molecule has 0 aromatic carbocycles. The molecule has 2 N–H and O–H groups in total. The van der Waals surface area contributed by atoms with Crippen LogP contribution in [0.25, 0.3) is 0 Å². The molecule has 4 atom stereocenters. The number of unbranched alkanes of at least 4 members (excludes halogenated alkanes) is 2. The van der Waals surface area contributed by atoms with E-state index < -0.39 is 23.9 Å². The van der Waals surface area contributed by atoms with Crippen molar-refractivity contribution in [3.8, 4) is 0 Å². The standard InChI is InChI=1S/C20H30O4/c1-3-5-7-9-16(21)13-11-15-12-14-18(22)19(15)17(20(23)24)10-8-6-4-2/h4,6,11-17,19,21H,3,5,7-10H2,1-2H3,(H,23,24)/b6-4+,13-11+. The Morgan fingerprint density at radius 2 is 2.08 bits per heavy atom. The number of hydrogen-bond donors (Lipinski definition) is 2. The molecule has 0 saturated heterocycles. The van der Waals surface area contributed by atoms with Gasteiger partial charge in [0, 0.05) is 11.8 Å². The van der Waals surface area contributed by atoms with E-state index in [1.54, 1.807) is 18.2 Å². The van der Waals surface area contributed by atoms with Gasteiger partial charge in [-0.25, -0.2) is 0 Å². The Bertz CT molecular complexity index is 490. The van der Waals surface area contributed by atoms with Gasteiger partial charge < -0.3 is 10.2 Å². The van der Waals surface area contributed by atoms with E-state index in [0.717, 1.165) is 19.3 Å². The number of hydrogen-bond acceptors (Lipinski definition) is 3. The largest absolute Gasteiger partial charge is 0.481 e. The molecule has 4 unspecified atom stereocenters. The number of ketones is 1. The first kappa shape index (κ1) is 20.4. The molecule has 1 aliphatic carbocycles. The summed E-state index contributed by atoms with van der Waals surface area (Å²) in [5.74, 6) is -2.56. The summed E-state index contributed by atoms with van der Waals surface area (Å²) < 4.78 is 0. The summed E-state index contributed by atoms with van der Waals surface area (Å²) in [4.78, 5) is 23.8. The molecule has 1 aliphatic rings. The number of carbonyl (C=O) groups is 2. The van der Waals surface area contributed by atoms with Gasteiger partial charge in [0.15, 0.2) is 5.78 Å². The Balaban J connectivity index is 2.72. The van der Waals surface area contributed by atoms with Crippen molar-refractivity contribution in [2.75, 3.05) is 0 Å². The fraction of sp³-hybridized carbons (Fsp3) is 0.600. The first-order valence-corrected chi connectivity index (χ1v) is 8.93. The maximum atomic E-state index is 12.2. The van der Waals surface area contributed by atoms with Gasteiger partial charge in [0.1, 0.15) is 0 Å². The van der Waals surface area contributed by atoms with Crippen LogP contribution in [0.2, 0.25) is 0 Å². The maximum Gasteiger partial charge on any atom is 0.307 e. The van der Waals surface area contributed by atoms with Crippen molar-refractivity contribution in [1.29, 1.82) is 0 Å². The third-order valence-corrected chi connectivity index (χ3v) is 4.52. The monoisotopic (exact) mass is 334 g/mol. The molecule has 4 nitrogen and oxygen atoms in total. The van der Waals surface area contributed by atoms with Crippen LogP contribution in [0.4, 0.5) is 0 Å². The molecule has 0 spiro atoms. The van der Waals surface area contributed by atoms with Crippen LogP contribution in [0.1, 0.15) is 52.4 Å². The Labute approximate surface area is 145 Å². The van der Waals surface area contributed by atoms with Crippen molar-refractivity contribution in [2.45, 2.75) is 58.5 Å². The number of aliphatic hydroxyl groups excluding tert-OH is 1. The molecular weight excluding hydrogens is 304 g/mol. The average Bonchev–Trinajstić information content (AvgIpc) is 2.90. The van der Waals surface area contributed by atoms with Crippen molar-refractivity contribution in [3.63, 3.8) is 0 Å². The number of carboxylic acid groups (broad SMARTS) is 1. The number of carbonyl (C=O) groups excluding carboxylic acids is 1. The first-order valence-electron chi connectivity index (χ1n) is 8.93. The lowest BCUT2D eigenvalue weighted by Crippen LogP contribution is -2.31. The van der Waals surface area contributed by atoms with Crippen LogP contribution < -0.4 is 0 Å². The second-order valence-electron chi connectivity index (χ2n) is 6.40. The van der Waals surface area contributed by atoms with Crippen LogP contribution >= 0.6 is 0 Å². The van der Waals surface area contributed by atoms with E-state index in [9.17, 15) is 19.8 Å². The Morgan fingerprint density at radius 1 is 1.33 bits per heavy atom. The third-order valence-electron chi connectivity index (χ3n) is 4.52.